The Balaban J connectivity index is 1.46. The highest BCUT2D eigenvalue weighted by Gasteiger charge is 2.39. The van der Waals surface area contributed by atoms with Gasteiger partial charge in [0.25, 0.3) is 0 Å². The number of likely N-dealkylation sites (N-methyl/N-ethyl adjacent to an activating group) is 1. The molecule has 1 saturated heterocycles. The summed E-state index contributed by atoms with van der Waals surface area (Å²) in [7, 11) is 1.47. The van der Waals surface area contributed by atoms with E-state index in [2.05, 4.69) is 22.0 Å². The standard InChI is InChI=1S/C37H56N4O9/c1-4-40-27(8-5-25-11-13-41-35(38)16-25)21-48-34-18-26(17-33(47-3)36(34)46)37-29(12-14-42)31(45)19-28(50-37)9-6-24-7-10-30(44)32(15-24)49-22-39-20-23(2)43/h7,10-11,15-18,23,27-29,31,37,39-46H,4-6,8-9,12-14,19-22,38H2,1-3H3/t23-,27+,28-,29-,31-,37+/m0/s1. The normalized spacial score (nSPS) is 21.8. The molecule has 2 aromatic rings. The Bertz CT molecular complexity index is 1420. The highest BCUT2D eigenvalue weighted by Crippen LogP contribution is 2.45. The fourth-order valence-electron chi connectivity index (χ4n) is 6.45. The molecular weight excluding hydrogens is 644 g/mol. The van der Waals surface area contributed by atoms with Crippen molar-refractivity contribution in [3.8, 4) is 28.7 Å². The second-order valence-corrected chi connectivity index (χ2v) is 13.0. The van der Waals surface area contributed by atoms with Crippen LogP contribution in [-0.2, 0) is 11.2 Å². The van der Waals surface area contributed by atoms with E-state index in [0.717, 1.165) is 30.5 Å². The number of methoxy groups -OCH3 is 1. The van der Waals surface area contributed by atoms with Crippen molar-refractivity contribution in [3.05, 3.63) is 65.0 Å². The number of aromatic hydroxyl groups is 2. The van der Waals surface area contributed by atoms with Crippen LogP contribution in [0.15, 0.2) is 53.9 Å². The van der Waals surface area contributed by atoms with E-state index in [1.807, 2.05) is 19.1 Å². The van der Waals surface area contributed by atoms with Crippen LogP contribution in [0.3, 0.4) is 0 Å². The van der Waals surface area contributed by atoms with Gasteiger partial charge in [0.2, 0.25) is 5.75 Å². The Labute approximate surface area is 295 Å². The molecule has 0 aromatic heterocycles. The molecule has 0 unspecified atom stereocenters. The Kier molecular flexibility index (Phi) is 15.3. The van der Waals surface area contributed by atoms with Crippen molar-refractivity contribution in [1.82, 2.24) is 16.0 Å². The summed E-state index contributed by atoms with van der Waals surface area (Å²) in [6.45, 7) is 5.83. The summed E-state index contributed by atoms with van der Waals surface area (Å²) >= 11 is 0. The van der Waals surface area contributed by atoms with E-state index < -0.39 is 24.2 Å². The highest BCUT2D eigenvalue weighted by atomic mass is 16.5. The zero-order valence-electron chi connectivity index (χ0n) is 29.4. The molecule has 1 fully saturated rings. The summed E-state index contributed by atoms with van der Waals surface area (Å²) < 4.78 is 24.1. The molecule has 0 saturated carbocycles. The average Bonchev–Trinajstić information content (AvgIpc) is 3.09. The molecule has 2 aliphatic heterocycles. The van der Waals surface area contributed by atoms with Gasteiger partial charge in [-0.2, -0.15) is 0 Å². The number of allylic oxidation sites excluding steroid dienone is 2. The van der Waals surface area contributed by atoms with Crippen LogP contribution in [0, 0.1) is 5.92 Å². The highest BCUT2D eigenvalue weighted by molar-refractivity contribution is 5.53. The molecule has 6 atom stereocenters. The minimum Gasteiger partial charge on any atom is -0.504 e. The van der Waals surface area contributed by atoms with Gasteiger partial charge in [-0.25, -0.2) is 0 Å². The third-order valence-corrected chi connectivity index (χ3v) is 9.07. The zero-order chi connectivity index (χ0) is 36.0. The molecule has 0 radical (unpaired) electrons. The number of ether oxygens (including phenoxy) is 4. The molecule has 0 bridgehead atoms. The van der Waals surface area contributed by atoms with Gasteiger partial charge in [-0.15, -0.1) is 0 Å². The average molecular weight is 701 g/mol. The van der Waals surface area contributed by atoms with Crippen LogP contribution in [0.4, 0.5) is 0 Å². The number of rotatable bonds is 20. The topological polar surface area (TPSA) is 200 Å². The van der Waals surface area contributed by atoms with E-state index in [-0.39, 0.29) is 48.5 Å². The van der Waals surface area contributed by atoms with Crippen molar-refractivity contribution in [2.75, 3.05) is 46.7 Å². The minimum absolute atomic E-state index is 0.00468. The van der Waals surface area contributed by atoms with Gasteiger partial charge in [-0.1, -0.05) is 19.1 Å². The molecule has 13 heteroatoms. The first-order chi connectivity index (χ1) is 24.1. The van der Waals surface area contributed by atoms with Crippen LogP contribution in [-0.4, -0.2) is 96.6 Å². The van der Waals surface area contributed by atoms with Gasteiger partial charge in [0.15, 0.2) is 23.0 Å². The number of nitrogens with two attached hydrogens (primary N) is 1. The lowest BCUT2D eigenvalue weighted by molar-refractivity contribution is -0.144. The molecular formula is C37H56N4O9. The molecule has 2 aromatic carbocycles. The number of aliphatic hydroxyl groups is 3. The second kappa shape index (κ2) is 19.6. The van der Waals surface area contributed by atoms with Crippen LogP contribution in [0.1, 0.15) is 63.2 Å². The molecule has 0 spiro atoms. The van der Waals surface area contributed by atoms with Gasteiger partial charge < -0.3 is 60.8 Å². The van der Waals surface area contributed by atoms with E-state index in [4.69, 9.17) is 24.7 Å². The largest absolute Gasteiger partial charge is 0.504 e. The number of aryl methyl sites for hydroxylation is 1. The molecule has 4 rings (SSSR count). The van der Waals surface area contributed by atoms with Crippen molar-refractivity contribution >= 4 is 0 Å². The summed E-state index contributed by atoms with van der Waals surface area (Å²) in [6, 6.07) is 8.61. The first-order valence-electron chi connectivity index (χ1n) is 17.6. The van der Waals surface area contributed by atoms with E-state index in [9.17, 15) is 25.5 Å². The summed E-state index contributed by atoms with van der Waals surface area (Å²) in [5.74, 6) is 0.950. The lowest BCUT2D eigenvalue weighted by Gasteiger charge is -2.40. The quantitative estimate of drug-likeness (QED) is 0.0722. The number of phenols is 2. The number of hydrogen-bond donors (Lipinski definition) is 9. The summed E-state index contributed by atoms with van der Waals surface area (Å²) in [4.78, 5) is 0. The van der Waals surface area contributed by atoms with Gasteiger partial charge in [0, 0.05) is 31.7 Å². The van der Waals surface area contributed by atoms with E-state index in [1.54, 1.807) is 31.2 Å². The van der Waals surface area contributed by atoms with Crippen LogP contribution >= 0.6 is 0 Å². The van der Waals surface area contributed by atoms with Gasteiger partial charge in [0.05, 0.1) is 37.3 Å². The number of benzene rings is 2. The third kappa shape index (κ3) is 11.4. The predicted octanol–water partition coefficient (Wildman–Crippen LogP) is 2.70. The number of dihydropyridines is 1. The lowest BCUT2D eigenvalue weighted by Crippen LogP contribution is -2.40. The number of phenolic OH excluding ortho intramolecular Hbond substituents is 2. The Morgan fingerprint density at radius 3 is 2.60 bits per heavy atom. The molecule has 0 aliphatic carbocycles. The van der Waals surface area contributed by atoms with Gasteiger partial charge in [0.1, 0.15) is 13.3 Å². The Morgan fingerprint density at radius 2 is 1.88 bits per heavy atom. The molecule has 10 N–H and O–H groups in total. The van der Waals surface area contributed by atoms with Crippen LogP contribution in [0.5, 0.6) is 28.7 Å². The van der Waals surface area contributed by atoms with Crippen molar-refractivity contribution in [3.63, 3.8) is 0 Å². The molecule has 50 heavy (non-hydrogen) atoms. The maximum atomic E-state index is 11.3. The SMILES string of the molecule is CCN[C@H](CCC1=CCNC(N)=C1)COc1cc([C@H]2O[C@@H](CCc3ccc(O)c(OCNC[C@H](C)O)c3)C[C@H](O)[C@@H]2CCO)cc(OC)c1O. The van der Waals surface area contributed by atoms with Crippen LogP contribution < -0.4 is 35.9 Å². The zero-order valence-corrected chi connectivity index (χ0v) is 29.4. The maximum absolute atomic E-state index is 11.3. The predicted molar refractivity (Wildman–Crippen MR) is 190 cm³/mol. The molecule has 13 nitrogen and oxygen atoms in total. The number of aliphatic hydroxyl groups excluding tert-OH is 3. The summed E-state index contributed by atoms with van der Waals surface area (Å²) in [5.41, 5.74) is 8.69. The van der Waals surface area contributed by atoms with Gasteiger partial charge >= 0.3 is 0 Å². The number of hydrogen-bond acceptors (Lipinski definition) is 13. The van der Waals surface area contributed by atoms with Crippen molar-refractivity contribution in [2.45, 2.75) is 82.8 Å². The molecule has 278 valence electrons. The van der Waals surface area contributed by atoms with Crippen molar-refractivity contribution < 1.29 is 44.5 Å². The minimum atomic E-state index is -0.737. The smallest absolute Gasteiger partial charge is 0.200 e. The second-order valence-electron chi connectivity index (χ2n) is 13.0. The summed E-state index contributed by atoms with van der Waals surface area (Å²) in [6.07, 6.45) is 5.41. The maximum Gasteiger partial charge on any atom is 0.200 e. The Hall–Kier alpha value is -3.72. The van der Waals surface area contributed by atoms with Crippen LogP contribution in [0.25, 0.3) is 0 Å². The van der Waals surface area contributed by atoms with Gasteiger partial charge in [-0.3, -0.25) is 5.32 Å². The Morgan fingerprint density at radius 1 is 1.08 bits per heavy atom. The monoisotopic (exact) mass is 700 g/mol. The lowest BCUT2D eigenvalue weighted by atomic mass is 9.82. The van der Waals surface area contributed by atoms with E-state index in [0.29, 0.717) is 62.5 Å². The van der Waals surface area contributed by atoms with Crippen molar-refractivity contribution in [2.24, 2.45) is 11.7 Å². The fraction of sp³-hybridized carbons (Fsp3) is 0.568. The first kappa shape index (κ1) is 39.1. The molecule has 0 amide bonds. The molecule has 2 heterocycles. The molecule has 2 aliphatic rings. The fourth-order valence-corrected chi connectivity index (χ4v) is 6.45. The third-order valence-electron chi connectivity index (χ3n) is 9.07. The van der Waals surface area contributed by atoms with E-state index >= 15 is 0 Å². The number of nitrogens with one attached hydrogen (secondary N) is 3. The van der Waals surface area contributed by atoms with E-state index in [1.165, 1.54) is 7.11 Å². The van der Waals surface area contributed by atoms with Gasteiger partial charge in [-0.05, 0) is 99.0 Å². The first-order valence-corrected chi connectivity index (χ1v) is 17.6. The van der Waals surface area contributed by atoms with Crippen molar-refractivity contribution in [1.29, 1.82) is 0 Å². The summed E-state index contributed by atoms with van der Waals surface area (Å²) in [5, 5.41) is 61.5. The van der Waals surface area contributed by atoms with Crippen LogP contribution in [0.2, 0.25) is 0 Å².